The summed E-state index contributed by atoms with van der Waals surface area (Å²) in [5.41, 5.74) is -0.338. The second-order valence-electron chi connectivity index (χ2n) is 3.30. The molecule has 8 heteroatoms. The molecular weight excluding hydrogens is 367 g/mol. The predicted molar refractivity (Wildman–Crippen MR) is 78.6 cm³/mol. The standard InChI is InChI=1S/C10H9IN4O2S/c1-12-8(16)7-9(17)15-18-10(7)14-6-3-2-5(11)4-13-6/h2-4H,1H3,(H,12,16)(H,13,14)(H,15,17). The molecule has 2 heterocycles. The minimum Gasteiger partial charge on any atom is -0.355 e. The van der Waals surface area contributed by atoms with Crippen LogP contribution < -0.4 is 16.2 Å². The number of amides is 1. The quantitative estimate of drug-likeness (QED) is 0.710. The van der Waals surface area contributed by atoms with Gasteiger partial charge in [-0.15, -0.1) is 0 Å². The molecule has 18 heavy (non-hydrogen) atoms. The maximum absolute atomic E-state index is 11.6. The van der Waals surface area contributed by atoms with Crippen LogP contribution in [0.1, 0.15) is 10.4 Å². The van der Waals surface area contributed by atoms with Crippen LogP contribution >= 0.6 is 34.1 Å². The Morgan fingerprint density at radius 1 is 1.50 bits per heavy atom. The Labute approximate surface area is 120 Å². The van der Waals surface area contributed by atoms with Crippen LogP contribution in [0.4, 0.5) is 10.8 Å². The van der Waals surface area contributed by atoms with Crippen molar-refractivity contribution >= 4 is 50.8 Å². The molecule has 0 fully saturated rings. The van der Waals surface area contributed by atoms with Gasteiger partial charge in [0.15, 0.2) is 0 Å². The van der Waals surface area contributed by atoms with E-state index in [2.05, 4.69) is 42.6 Å². The number of hydrogen-bond donors (Lipinski definition) is 3. The van der Waals surface area contributed by atoms with Crippen molar-refractivity contribution in [2.45, 2.75) is 0 Å². The maximum Gasteiger partial charge on any atom is 0.273 e. The van der Waals surface area contributed by atoms with E-state index >= 15 is 0 Å². The Morgan fingerprint density at radius 3 is 2.89 bits per heavy atom. The predicted octanol–water partition coefficient (Wildman–Crippen LogP) is 1.54. The van der Waals surface area contributed by atoms with E-state index in [1.165, 1.54) is 7.05 Å². The van der Waals surface area contributed by atoms with E-state index in [4.69, 9.17) is 0 Å². The molecule has 94 valence electrons. The first kappa shape index (κ1) is 13.0. The Morgan fingerprint density at radius 2 is 2.28 bits per heavy atom. The van der Waals surface area contributed by atoms with Gasteiger partial charge in [-0.3, -0.25) is 14.0 Å². The highest BCUT2D eigenvalue weighted by Gasteiger charge is 2.17. The number of anilines is 2. The topological polar surface area (TPSA) is 86.9 Å². The monoisotopic (exact) mass is 376 g/mol. The molecule has 0 atom stereocenters. The molecule has 0 unspecified atom stereocenters. The van der Waals surface area contributed by atoms with Crippen LogP contribution in [0, 0.1) is 3.57 Å². The molecule has 2 aromatic rings. The van der Waals surface area contributed by atoms with Crippen molar-refractivity contribution in [3.8, 4) is 0 Å². The van der Waals surface area contributed by atoms with Crippen LogP contribution in [0.25, 0.3) is 0 Å². The van der Waals surface area contributed by atoms with Gasteiger partial charge in [0.1, 0.15) is 16.4 Å². The van der Waals surface area contributed by atoms with Crippen molar-refractivity contribution in [2.24, 2.45) is 0 Å². The molecule has 0 aliphatic rings. The highest BCUT2D eigenvalue weighted by Crippen LogP contribution is 2.21. The number of halogens is 1. The van der Waals surface area contributed by atoms with Gasteiger partial charge in [0.25, 0.3) is 11.5 Å². The van der Waals surface area contributed by atoms with Crippen molar-refractivity contribution in [1.82, 2.24) is 14.7 Å². The van der Waals surface area contributed by atoms with Gasteiger partial charge in [-0.05, 0) is 46.3 Å². The van der Waals surface area contributed by atoms with Crippen LogP contribution in [-0.2, 0) is 0 Å². The number of nitrogens with one attached hydrogen (secondary N) is 3. The summed E-state index contributed by atoms with van der Waals surface area (Å²) >= 11 is 3.21. The van der Waals surface area contributed by atoms with Gasteiger partial charge in [0, 0.05) is 16.8 Å². The lowest BCUT2D eigenvalue weighted by atomic mass is 10.3. The summed E-state index contributed by atoms with van der Waals surface area (Å²) in [6, 6.07) is 3.66. The highest BCUT2D eigenvalue weighted by atomic mass is 127. The van der Waals surface area contributed by atoms with E-state index in [-0.39, 0.29) is 5.56 Å². The van der Waals surface area contributed by atoms with E-state index in [1.54, 1.807) is 12.3 Å². The fraction of sp³-hybridized carbons (Fsp3) is 0.100. The minimum absolute atomic E-state index is 0.0721. The Bertz CT molecular complexity index is 620. The van der Waals surface area contributed by atoms with Gasteiger partial charge in [-0.2, -0.15) is 0 Å². The molecule has 0 radical (unpaired) electrons. The van der Waals surface area contributed by atoms with Crippen LogP contribution in [0.2, 0.25) is 0 Å². The third-order valence-corrected chi connectivity index (χ3v) is 3.56. The molecule has 3 N–H and O–H groups in total. The van der Waals surface area contributed by atoms with Gasteiger partial charge >= 0.3 is 0 Å². The zero-order valence-electron chi connectivity index (χ0n) is 9.28. The van der Waals surface area contributed by atoms with Crippen LogP contribution in [0.15, 0.2) is 23.1 Å². The molecule has 0 aliphatic heterocycles. The van der Waals surface area contributed by atoms with E-state index in [0.717, 1.165) is 15.1 Å². The number of aromatic amines is 1. The molecule has 1 amide bonds. The summed E-state index contributed by atoms with van der Waals surface area (Å²) in [5, 5.41) is 5.83. The van der Waals surface area contributed by atoms with Crippen LogP contribution in [-0.4, -0.2) is 22.3 Å². The Hall–Kier alpha value is -1.42. The van der Waals surface area contributed by atoms with Crippen molar-refractivity contribution in [3.63, 3.8) is 0 Å². The third kappa shape index (κ3) is 2.70. The fourth-order valence-electron chi connectivity index (χ4n) is 1.29. The summed E-state index contributed by atoms with van der Waals surface area (Å²) in [6.07, 6.45) is 1.69. The SMILES string of the molecule is CNC(=O)c1c(Nc2ccc(I)cn2)s[nH]c1=O. The number of H-pyrrole nitrogens is 1. The van der Waals surface area contributed by atoms with E-state index in [0.29, 0.717) is 10.8 Å². The van der Waals surface area contributed by atoms with E-state index in [1.807, 2.05) is 6.07 Å². The number of rotatable bonds is 3. The number of carbonyl (C=O) groups is 1. The smallest absolute Gasteiger partial charge is 0.273 e. The minimum atomic E-state index is -0.425. The van der Waals surface area contributed by atoms with E-state index < -0.39 is 11.5 Å². The Kier molecular flexibility index (Phi) is 3.97. The summed E-state index contributed by atoms with van der Waals surface area (Å²) in [4.78, 5) is 27.2. The number of aromatic nitrogens is 2. The molecule has 2 rings (SSSR count). The molecular formula is C10H9IN4O2S. The molecule has 0 aromatic carbocycles. The third-order valence-electron chi connectivity index (χ3n) is 2.12. The van der Waals surface area contributed by atoms with Crippen molar-refractivity contribution in [2.75, 3.05) is 12.4 Å². The highest BCUT2D eigenvalue weighted by molar-refractivity contribution is 14.1. The lowest BCUT2D eigenvalue weighted by Crippen LogP contribution is -2.24. The summed E-state index contributed by atoms with van der Waals surface area (Å²) in [5.74, 6) is 0.154. The average molecular weight is 376 g/mol. The zero-order valence-corrected chi connectivity index (χ0v) is 12.3. The second-order valence-corrected chi connectivity index (χ2v) is 5.37. The van der Waals surface area contributed by atoms with Crippen molar-refractivity contribution < 1.29 is 4.79 Å². The van der Waals surface area contributed by atoms with Crippen molar-refractivity contribution in [1.29, 1.82) is 0 Å². The first-order chi connectivity index (χ1) is 8.61. The molecule has 2 aromatic heterocycles. The summed E-state index contributed by atoms with van der Waals surface area (Å²) in [7, 11) is 1.48. The molecule has 0 spiro atoms. The molecule has 0 saturated carbocycles. The lowest BCUT2D eigenvalue weighted by molar-refractivity contribution is 0.0963. The Balaban J connectivity index is 2.32. The first-order valence-electron chi connectivity index (χ1n) is 4.94. The number of nitrogens with zero attached hydrogens (tertiary/aromatic N) is 1. The lowest BCUT2D eigenvalue weighted by Gasteiger charge is -2.04. The first-order valence-corrected chi connectivity index (χ1v) is 6.83. The van der Waals surface area contributed by atoms with Gasteiger partial charge < -0.3 is 10.6 Å². The number of carbonyl (C=O) groups excluding carboxylic acids is 1. The normalized spacial score (nSPS) is 10.1. The fourth-order valence-corrected chi connectivity index (χ4v) is 2.35. The molecule has 0 bridgehead atoms. The van der Waals surface area contributed by atoms with Gasteiger partial charge in [-0.1, -0.05) is 0 Å². The van der Waals surface area contributed by atoms with Gasteiger partial charge in [-0.25, -0.2) is 4.98 Å². The largest absolute Gasteiger partial charge is 0.355 e. The summed E-state index contributed by atoms with van der Waals surface area (Å²) in [6.45, 7) is 0. The molecule has 6 nitrogen and oxygen atoms in total. The average Bonchev–Trinajstić information content (AvgIpc) is 2.72. The van der Waals surface area contributed by atoms with Gasteiger partial charge in [0.2, 0.25) is 0 Å². The van der Waals surface area contributed by atoms with Crippen LogP contribution in [0.5, 0.6) is 0 Å². The zero-order chi connectivity index (χ0) is 13.1. The molecule has 0 saturated heterocycles. The molecule has 0 aliphatic carbocycles. The second kappa shape index (κ2) is 5.48. The summed E-state index contributed by atoms with van der Waals surface area (Å²) < 4.78 is 3.52. The number of hydrogen-bond acceptors (Lipinski definition) is 5. The maximum atomic E-state index is 11.6. The van der Waals surface area contributed by atoms with Gasteiger partial charge in [0.05, 0.1) is 0 Å². The number of pyridine rings is 1. The van der Waals surface area contributed by atoms with Crippen molar-refractivity contribution in [3.05, 3.63) is 37.8 Å². The van der Waals surface area contributed by atoms with E-state index in [9.17, 15) is 9.59 Å². The van der Waals surface area contributed by atoms with Crippen LogP contribution in [0.3, 0.4) is 0 Å².